The molecule has 1 aromatic heterocycles. The molecule has 1 N–H and O–H groups in total. The minimum Gasteiger partial charge on any atom is -0.378 e. The Morgan fingerprint density at radius 1 is 1.43 bits per heavy atom. The van der Waals surface area contributed by atoms with E-state index in [0.717, 1.165) is 48.5 Å². The van der Waals surface area contributed by atoms with E-state index in [1.165, 1.54) is 4.88 Å². The summed E-state index contributed by atoms with van der Waals surface area (Å²) in [5.74, 6) is 2.14. The van der Waals surface area contributed by atoms with Crippen molar-refractivity contribution in [3.05, 3.63) is 10.6 Å². The second kappa shape index (κ2) is 8.22. The molecule has 21 heavy (non-hydrogen) atoms. The highest BCUT2D eigenvalue weighted by atomic mass is 32.2. The maximum atomic E-state index is 11.5. The molecule has 0 aromatic carbocycles. The summed E-state index contributed by atoms with van der Waals surface area (Å²) in [4.78, 5) is 8.22. The van der Waals surface area contributed by atoms with E-state index in [0.29, 0.717) is 12.5 Å². The number of thiazole rings is 1. The lowest BCUT2D eigenvalue weighted by Gasteiger charge is -2.25. The van der Waals surface area contributed by atoms with Gasteiger partial charge in [0.15, 0.2) is 5.13 Å². The normalized spacial score (nSPS) is 16.9. The van der Waals surface area contributed by atoms with Crippen LogP contribution in [0.5, 0.6) is 0 Å². The summed E-state index contributed by atoms with van der Waals surface area (Å²) < 4.78 is 16.7. The smallest absolute Gasteiger partial charge is 0.185 e. The zero-order chi connectivity index (χ0) is 15.2. The average molecular weight is 332 g/mol. The summed E-state index contributed by atoms with van der Waals surface area (Å²) in [7, 11) is 1.05. The molecule has 120 valence electrons. The first-order valence-electron chi connectivity index (χ1n) is 7.38. The fraction of sp³-hybridized carbons (Fsp3) is 0.786. The molecular weight excluding hydrogens is 306 g/mol. The molecule has 0 spiro atoms. The van der Waals surface area contributed by atoms with E-state index in [4.69, 9.17) is 9.72 Å². The number of nitrogens with zero attached hydrogens (tertiary/aromatic N) is 2. The van der Waals surface area contributed by atoms with Crippen molar-refractivity contribution in [1.82, 2.24) is 10.3 Å². The van der Waals surface area contributed by atoms with Crippen LogP contribution in [-0.4, -0.2) is 47.4 Å². The number of anilines is 1. The van der Waals surface area contributed by atoms with E-state index in [1.54, 1.807) is 18.4 Å². The van der Waals surface area contributed by atoms with Crippen LogP contribution in [0.4, 0.5) is 5.13 Å². The van der Waals surface area contributed by atoms with Crippen molar-refractivity contribution in [2.75, 3.05) is 43.1 Å². The van der Waals surface area contributed by atoms with Crippen molar-refractivity contribution in [2.24, 2.45) is 5.92 Å². The Morgan fingerprint density at radius 3 is 2.76 bits per heavy atom. The van der Waals surface area contributed by atoms with Crippen molar-refractivity contribution < 1.29 is 8.95 Å². The molecule has 2 rings (SSSR count). The second-order valence-electron chi connectivity index (χ2n) is 5.66. The summed E-state index contributed by atoms with van der Waals surface area (Å²) >= 11 is 1.73. The molecular formula is C14H25N3O2S2. The number of ether oxygens (including phenoxy) is 1. The van der Waals surface area contributed by atoms with Crippen molar-refractivity contribution in [3.63, 3.8) is 0 Å². The van der Waals surface area contributed by atoms with Gasteiger partial charge in [-0.05, 0) is 12.5 Å². The minimum absolute atomic E-state index is 0.551. The summed E-state index contributed by atoms with van der Waals surface area (Å²) in [6.45, 7) is 8.48. The van der Waals surface area contributed by atoms with Gasteiger partial charge in [0.25, 0.3) is 0 Å². The lowest BCUT2D eigenvalue weighted by atomic mass is 10.2. The molecule has 5 nitrogen and oxygen atoms in total. The Balaban J connectivity index is 2.03. The molecule has 1 aliphatic heterocycles. The Bertz CT molecular complexity index is 467. The molecule has 0 atom stereocenters. The number of hydrogen-bond donors (Lipinski definition) is 1. The standard InChI is InChI=1S/C14H25N3O2S2/c1-11(2)8-15-9-13-12(10-19-3)16-14(20-13)17-4-6-21(18)7-5-17/h11,15H,4-10H2,1-3H3. The topological polar surface area (TPSA) is 54.5 Å². The summed E-state index contributed by atoms with van der Waals surface area (Å²) in [5.41, 5.74) is 1.03. The quantitative estimate of drug-likeness (QED) is 0.822. The number of methoxy groups -OCH3 is 1. The van der Waals surface area contributed by atoms with Gasteiger partial charge in [0.2, 0.25) is 0 Å². The second-order valence-corrected chi connectivity index (χ2v) is 8.42. The molecule has 0 aliphatic carbocycles. The molecule has 2 heterocycles. The van der Waals surface area contributed by atoms with E-state index >= 15 is 0 Å². The number of aromatic nitrogens is 1. The highest BCUT2D eigenvalue weighted by Crippen LogP contribution is 2.27. The zero-order valence-electron chi connectivity index (χ0n) is 13.1. The molecule has 7 heteroatoms. The van der Waals surface area contributed by atoms with Gasteiger partial charge in [-0.1, -0.05) is 13.8 Å². The summed E-state index contributed by atoms with van der Waals surface area (Å²) in [5, 5.41) is 4.51. The van der Waals surface area contributed by atoms with E-state index in [1.807, 2.05) is 0 Å². The van der Waals surface area contributed by atoms with Crippen LogP contribution in [0.3, 0.4) is 0 Å². The van der Waals surface area contributed by atoms with Gasteiger partial charge in [-0.25, -0.2) is 4.98 Å². The summed E-state index contributed by atoms with van der Waals surface area (Å²) in [6, 6.07) is 0. The molecule has 1 aromatic rings. The number of rotatable bonds is 7. The molecule has 1 saturated heterocycles. The van der Waals surface area contributed by atoms with Crippen LogP contribution in [0.15, 0.2) is 0 Å². The molecule has 0 amide bonds. The maximum absolute atomic E-state index is 11.5. The first-order valence-corrected chi connectivity index (χ1v) is 9.68. The third kappa shape index (κ3) is 5.02. The zero-order valence-corrected chi connectivity index (χ0v) is 14.7. The lowest BCUT2D eigenvalue weighted by molar-refractivity contribution is 0.181. The molecule has 0 bridgehead atoms. The predicted octanol–water partition coefficient (Wildman–Crippen LogP) is 1.60. The van der Waals surface area contributed by atoms with Gasteiger partial charge in [-0.3, -0.25) is 4.21 Å². The third-order valence-corrected chi connectivity index (χ3v) is 5.77. The van der Waals surface area contributed by atoms with E-state index in [-0.39, 0.29) is 0 Å². The third-order valence-electron chi connectivity index (χ3n) is 3.33. The Morgan fingerprint density at radius 2 is 2.14 bits per heavy atom. The first-order chi connectivity index (χ1) is 10.1. The van der Waals surface area contributed by atoms with Gasteiger partial charge in [0, 0.05) is 53.9 Å². The van der Waals surface area contributed by atoms with Crippen molar-refractivity contribution in [1.29, 1.82) is 0 Å². The molecule has 0 unspecified atom stereocenters. The van der Waals surface area contributed by atoms with E-state index in [9.17, 15) is 4.21 Å². The highest BCUT2D eigenvalue weighted by Gasteiger charge is 2.20. The first kappa shape index (κ1) is 16.9. The van der Waals surface area contributed by atoms with Crippen LogP contribution in [-0.2, 0) is 28.7 Å². The van der Waals surface area contributed by atoms with Crippen LogP contribution in [0.1, 0.15) is 24.4 Å². The van der Waals surface area contributed by atoms with E-state index in [2.05, 4.69) is 24.1 Å². The van der Waals surface area contributed by atoms with Crippen LogP contribution >= 0.6 is 11.3 Å². The van der Waals surface area contributed by atoms with Gasteiger partial charge in [0.1, 0.15) is 0 Å². The lowest BCUT2D eigenvalue weighted by Crippen LogP contribution is -2.37. The van der Waals surface area contributed by atoms with Crippen LogP contribution in [0, 0.1) is 5.92 Å². The van der Waals surface area contributed by atoms with Crippen LogP contribution in [0.25, 0.3) is 0 Å². The monoisotopic (exact) mass is 331 g/mol. The SMILES string of the molecule is COCc1nc(N2CCS(=O)CC2)sc1CNCC(C)C. The fourth-order valence-corrected chi connectivity index (χ4v) is 4.33. The van der Waals surface area contributed by atoms with Crippen LogP contribution < -0.4 is 10.2 Å². The van der Waals surface area contributed by atoms with Crippen LogP contribution in [0.2, 0.25) is 0 Å². The fourth-order valence-electron chi connectivity index (χ4n) is 2.20. The van der Waals surface area contributed by atoms with E-state index < -0.39 is 10.8 Å². The molecule has 0 radical (unpaired) electrons. The Labute approximate surface area is 133 Å². The van der Waals surface area contributed by atoms with Gasteiger partial charge >= 0.3 is 0 Å². The largest absolute Gasteiger partial charge is 0.378 e. The number of hydrogen-bond acceptors (Lipinski definition) is 6. The van der Waals surface area contributed by atoms with Crippen molar-refractivity contribution in [3.8, 4) is 0 Å². The minimum atomic E-state index is -0.649. The van der Waals surface area contributed by atoms with Crippen molar-refractivity contribution in [2.45, 2.75) is 27.0 Å². The Kier molecular flexibility index (Phi) is 6.60. The van der Waals surface area contributed by atoms with Crippen molar-refractivity contribution >= 4 is 27.3 Å². The predicted molar refractivity (Wildman–Crippen MR) is 89.5 cm³/mol. The van der Waals surface area contributed by atoms with Gasteiger partial charge in [-0.15, -0.1) is 11.3 Å². The molecule has 1 aliphatic rings. The Hall–Kier alpha value is -0.500. The van der Waals surface area contributed by atoms with Gasteiger partial charge in [-0.2, -0.15) is 0 Å². The average Bonchev–Trinajstić information content (AvgIpc) is 2.83. The summed E-state index contributed by atoms with van der Waals surface area (Å²) in [6.07, 6.45) is 0. The van der Waals surface area contributed by atoms with Gasteiger partial charge < -0.3 is 15.0 Å². The molecule has 1 fully saturated rings. The molecule has 0 saturated carbocycles. The number of nitrogens with one attached hydrogen (secondary N) is 1. The van der Waals surface area contributed by atoms with Gasteiger partial charge in [0.05, 0.1) is 12.3 Å². The highest BCUT2D eigenvalue weighted by molar-refractivity contribution is 7.85. The maximum Gasteiger partial charge on any atom is 0.185 e.